The van der Waals surface area contributed by atoms with Crippen molar-refractivity contribution in [2.24, 2.45) is 0 Å². The van der Waals surface area contributed by atoms with Crippen LogP contribution in [0.2, 0.25) is 0 Å². The average molecular weight is 167 g/mol. The third-order valence-corrected chi connectivity index (χ3v) is 1.48. The van der Waals surface area contributed by atoms with E-state index in [0.717, 1.165) is 12.2 Å². The summed E-state index contributed by atoms with van der Waals surface area (Å²) in [5, 5.41) is 0. The molecule has 2 heteroatoms. The number of rotatable bonds is 5. The molecule has 1 aromatic rings. The molecule has 0 heterocycles. The molecule has 0 aliphatic heterocycles. The number of halogens is 1. The largest absolute Gasteiger partial charge is 0.494 e. The summed E-state index contributed by atoms with van der Waals surface area (Å²) in [6, 6.07) is 10.2. The Labute approximate surface area is 72.2 Å². The van der Waals surface area contributed by atoms with Gasteiger partial charge in [-0.2, -0.15) is 0 Å². The topological polar surface area (TPSA) is 9.23 Å². The van der Waals surface area contributed by atoms with Gasteiger partial charge in [0.1, 0.15) is 5.75 Å². The quantitative estimate of drug-likeness (QED) is 0.612. The van der Waals surface area contributed by atoms with E-state index in [1.165, 1.54) is 0 Å². The van der Waals surface area contributed by atoms with Gasteiger partial charge in [0.15, 0.2) is 0 Å². The molecule has 1 radical (unpaired) electrons. The lowest BCUT2D eigenvalue weighted by Gasteiger charge is -2.03. The number of ether oxygens (including phenoxy) is 1. The second-order valence-corrected chi connectivity index (χ2v) is 2.48. The zero-order valence-corrected chi connectivity index (χ0v) is 6.92. The number of alkyl halides is 1. The highest BCUT2D eigenvalue weighted by atomic mass is 19.1. The second kappa shape index (κ2) is 5.58. The van der Waals surface area contributed by atoms with Crippen molar-refractivity contribution in [1.82, 2.24) is 0 Å². The van der Waals surface area contributed by atoms with E-state index in [9.17, 15) is 4.39 Å². The molecular weight excluding hydrogens is 155 g/mol. The lowest BCUT2D eigenvalue weighted by Crippen LogP contribution is -1.97. The van der Waals surface area contributed by atoms with Gasteiger partial charge in [0.25, 0.3) is 0 Å². The van der Waals surface area contributed by atoms with Crippen LogP contribution < -0.4 is 4.74 Å². The van der Waals surface area contributed by atoms with Crippen molar-refractivity contribution in [3.05, 3.63) is 30.3 Å². The van der Waals surface area contributed by atoms with Crippen LogP contribution in [0.4, 0.5) is 4.39 Å². The lowest BCUT2D eigenvalue weighted by atomic mass is 10.3. The van der Waals surface area contributed by atoms with E-state index in [1.54, 1.807) is 6.07 Å². The van der Waals surface area contributed by atoms with Crippen LogP contribution in [0, 0.1) is 6.07 Å². The van der Waals surface area contributed by atoms with Gasteiger partial charge in [0.05, 0.1) is 13.3 Å². The fourth-order valence-corrected chi connectivity index (χ4v) is 0.853. The maximum atomic E-state index is 11.7. The Morgan fingerprint density at radius 2 is 2.33 bits per heavy atom. The first-order valence-electron chi connectivity index (χ1n) is 4.08. The molecule has 0 N–H and O–H groups in total. The SMILES string of the molecule is FCCCCOc1c[c]ccc1. The zero-order chi connectivity index (χ0) is 8.65. The fourth-order valence-electron chi connectivity index (χ4n) is 0.853. The van der Waals surface area contributed by atoms with Crippen LogP contribution in [-0.2, 0) is 0 Å². The summed E-state index contributed by atoms with van der Waals surface area (Å²) in [6.45, 7) is 0.325. The van der Waals surface area contributed by atoms with Gasteiger partial charge in [0, 0.05) is 0 Å². The van der Waals surface area contributed by atoms with Crippen molar-refractivity contribution < 1.29 is 9.13 Å². The smallest absolute Gasteiger partial charge is 0.119 e. The van der Waals surface area contributed by atoms with E-state index in [-0.39, 0.29) is 6.67 Å². The molecule has 0 spiro atoms. The van der Waals surface area contributed by atoms with E-state index < -0.39 is 0 Å². The molecule has 0 aliphatic carbocycles. The Balaban J connectivity index is 2.16. The highest BCUT2D eigenvalue weighted by Crippen LogP contribution is 2.08. The van der Waals surface area contributed by atoms with Gasteiger partial charge < -0.3 is 4.74 Å². The first kappa shape index (κ1) is 9.04. The van der Waals surface area contributed by atoms with Crippen molar-refractivity contribution in [1.29, 1.82) is 0 Å². The molecule has 0 amide bonds. The molecule has 0 saturated heterocycles. The number of hydrogen-bond donors (Lipinski definition) is 0. The van der Waals surface area contributed by atoms with Crippen molar-refractivity contribution >= 4 is 0 Å². The van der Waals surface area contributed by atoms with Crippen molar-refractivity contribution in [2.75, 3.05) is 13.3 Å². The molecule has 0 saturated carbocycles. The van der Waals surface area contributed by atoms with Crippen LogP contribution in [-0.4, -0.2) is 13.3 Å². The predicted molar refractivity (Wildman–Crippen MR) is 46.0 cm³/mol. The van der Waals surface area contributed by atoms with E-state index in [0.29, 0.717) is 13.0 Å². The molecule has 0 bridgehead atoms. The van der Waals surface area contributed by atoms with Gasteiger partial charge in [-0.05, 0) is 31.0 Å². The Kier molecular flexibility index (Phi) is 4.21. The van der Waals surface area contributed by atoms with Gasteiger partial charge >= 0.3 is 0 Å². The van der Waals surface area contributed by atoms with E-state index in [1.807, 2.05) is 18.2 Å². The maximum Gasteiger partial charge on any atom is 0.119 e. The molecule has 0 unspecified atom stereocenters. The monoisotopic (exact) mass is 167 g/mol. The first-order chi connectivity index (χ1) is 5.93. The van der Waals surface area contributed by atoms with Gasteiger partial charge in [-0.15, -0.1) is 0 Å². The van der Waals surface area contributed by atoms with Crippen LogP contribution >= 0.6 is 0 Å². The molecule has 0 aromatic heterocycles. The predicted octanol–water partition coefficient (Wildman–Crippen LogP) is 2.62. The first-order valence-corrected chi connectivity index (χ1v) is 4.08. The third kappa shape index (κ3) is 3.37. The van der Waals surface area contributed by atoms with Gasteiger partial charge in [0.2, 0.25) is 0 Å². The highest BCUT2D eigenvalue weighted by Gasteiger charge is 1.90. The molecule has 1 aromatic carbocycles. The molecule has 1 nitrogen and oxygen atoms in total. The Bertz CT molecular complexity index is 198. The molecule has 65 valence electrons. The maximum absolute atomic E-state index is 11.7. The van der Waals surface area contributed by atoms with E-state index in [2.05, 4.69) is 6.07 Å². The molecule has 0 atom stereocenters. The summed E-state index contributed by atoms with van der Waals surface area (Å²) < 4.78 is 17.0. The minimum absolute atomic E-state index is 0.260. The number of benzene rings is 1. The molecular formula is C10H12FO. The van der Waals surface area contributed by atoms with E-state index in [4.69, 9.17) is 4.74 Å². The molecule has 1 rings (SSSR count). The summed E-state index contributed by atoms with van der Waals surface area (Å²) in [5.41, 5.74) is 0. The highest BCUT2D eigenvalue weighted by molar-refractivity contribution is 5.19. The fraction of sp³-hybridized carbons (Fsp3) is 0.400. The minimum Gasteiger partial charge on any atom is -0.494 e. The Hall–Kier alpha value is -1.05. The summed E-state index contributed by atoms with van der Waals surface area (Å²) in [7, 11) is 0. The number of unbranched alkanes of at least 4 members (excludes halogenated alkanes) is 1. The standard InChI is InChI=1S/C10H12FO/c11-8-4-5-9-12-10-6-2-1-3-7-10/h1-2,6-7H,4-5,8-9H2. The van der Waals surface area contributed by atoms with E-state index >= 15 is 0 Å². The third-order valence-electron chi connectivity index (χ3n) is 1.48. The molecule has 12 heavy (non-hydrogen) atoms. The summed E-state index contributed by atoms with van der Waals surface area (Å²) in [6.07, 6.45) is 1.35. The van der Waals surface area contributed by atoms with Crippen LogP contribution in [0.1, 0.15) is 12.8 Å². The van der Waals surface area contributed by atoms with Gasteiger partial charge in [-0.25, -0.2) is 0 Å². The lowest BCUT2D eigenvalue weighted by molar-refractivity contribution is 0.297. The van der Waals surface area contributed by atoms with Crippen LogP contribution in [0.25, 0.3) is 0 Å². The normalized spacial score (nSPS) is 9.75. The van der Waals surface area contributed by atoms with Crippen molar-refractivity contribution in [3.8, 4) is 5.75 Å². The number of hydrogen-bond acceptors (Lipinski definition) is 1. The van der Waals surface area contributed by atoms with Crippen molar-refractivity contribution in [3.63, 3.8) is 0 Å². The average Bonchev–Trinajstić information content (AvgIpc) is 2.14. The summed E-state index contributed by atoms with van der Waals surface area (Å²) in [4.78, 5) is 0. The Morgan fingerprint density at radius 1 is 1.42 bits per heavy atom. The van der Waals surface area contributed by atoms with Crippen LogP contribution in [0.3, 0.4) is 0 Å². The van der Waals surface area contributed by atoms with Gasteiger partial charge in [-0.3, -0.25) is 4.39 Å². The minimum atomic E-state index is -0.260. The summed E-state index contributed by atoms with van der Waals surface area (Å²) >= 11 is 0. The summed E-state index contributed by atoms with van der Waals surface area (Å²) in [5.74, 6) is 0.802. The Morgan fingerprint density at radius 3 is 3.00 bits per heavy atom. The van der Waals surface area contributed by atoms with Crippen molar-refractivity contribution in [2.45, 2.75) is 12.8 Å². The zero-order valence-electron chi connectivity index (χ0n) is 6.92. The van der Waals surface area contributed by atoms with Crippen LogP contribution in [0.5, 0.6) is 5.75 Å². The van der Waals surface area contributed by atoms with Gasteiger partial charge in [-0.1, -0.05) is 12.1 Å². The van der Waals surface area contributed by atoms with Crippen LogP contribution in [0.15, 0.2) is 24.3 Å². The molecule has 0 aliphatic rings. The second-order valence-electron chi connectivity index (χ2n) is 2.48. The molecule has 0 fully saturated rings.